The highest BCUT2D eigenvalue weighted by atomic mass is 32.1. The van der Waals surface area contributed by atoms with Gasteiger partial charge in [-0.3, -0.25) is 14.6 Å². The monoisotopic (exact) mass is 387 g/mol. The van der Waals surface area contributed by atoms with Gasteiger partial charge in [0.1, 0.15) is 0 Å². The Hall–Kier alpha value is -1.76. The fraction of sp³-hybridized carbons (Fsp3) is 0.524. The smallest absolute Gasteiger partial charge is 0.317 e. The van der Waals surface area contributed by atoms with Gasteiger partial charge in [0, 0.05) is 37.5 Å². The number of benzene rings is 1. The minimum absolute atomic E-state index is 0.151. The van der Waals surface area contributed by atoms with Crippen LogP contribution in [0.1, 0.15) is 36.0 Å². The summed E-state index contributed by atoms with van der Waals surface area (Å²) in [7, 11) is 0. The van der Waals surface area contributed by atoms with Crippen LogP contribution in [0.3, 0.4) is 0 Å². The number of hydrogen-bond acceptors (Lipinski definition) is 5. The minimum atomic E-state index is -0.732. The van der Waals surface area contributed by atoms with E-state index in [1.54, 1.807) is 11.3 Å². The summed E-state index contributed by atoms with van der Waals surface area (Å²) in [6.45, 7) is 5.92. The number of aromatic nitrogens is 1. The third-order valence-corrected chi connectivity index (χ3v) is 6.23. The molecule has 2 heterocycles. The summed E-state index contributed by atoms with van der Waals surface area (Å²) in [6, 6.07) is 10.9. The third kappa shape index (κ3) is 6.13. The predicted molar refractivity (Wildman–Crippen MR) is 109 cm³/mol. The molecule has 1 fully saturated rings. The molecule has 3 rings (SSSR count). The number of piperidine rings is 1. The summed E-state index contributed by atoms with van der Waals surface area (Å²) >= 11 is 1.76. The number of aryl methyl sites for hydroxylation is 2. The van der Waals surface area contributed by atoms with E-state index in [1.165, 1.54) is 16.3 Å². The number of aliphatic carboxylic acids is 1. The molecule has 0 bridgehead atoms. The lowest BCUT2D eigenvalue weighted by molar-refractivity contribution is -0.139. The Bertz CT molecular complexity index is 711. The molecule has 1 aromatic carbocycles. The van der Waals surface area contributed by atoms with Crippen molar-refractivity contribution in [1.82, 2.24) is 14.8 Å². The molecule has 5 nitrogen and oxygen atoms in total. The Morgan fingerprint density at radius 2 is 2.00 bits per heavy atom. The lowest BCUT2D eigenvalue weighted by atomic mass is 10.0. The zero-order valence-corrected chi connectivity index (χ0v) is 16.8. The van der Waals surface area contributed by atoms with Crippen molar-refractivity contribution in [3.8, 4) is 0 Å². The molecule has 1 aliphatic heterocycles. The normalized spacial score (nSPS) is 16.1. The van der Waals surface area contributed by atoms with Crippen LogP contribution in [0.15, 0.2) is 35.7 Å². The largest absolute Gasteiger partial charge is 0.480 e. The molecule has 1 aromatic heterocycles. The van der Waals surface area contributed by atoms with Crippen LogP contribution >= 0.6 is 11.3 Å². The highest BCUT2D eigenvalue weighted by Gasteiger charge is 2.25. The lowest BCUT2D eigenvalue weighted by Gasteiger charge is -2.37. The number of carboxylic acid groups (broad SMARTS) is 1. The van der Waals surface area contributed by atoms with Crippen molar-refractivity contribution in [1.29, 1.82) is 0 Å². The summed E-state index contributed by atoms with van der Waals surface area (Å²) in [5, 5.41) is 12.5. The predicted octanol–water partition coefficient (Wildman–Crippen LogP) is 3.30. The Balaban J connectivity index is 1.44. The SMILES string of the molecule is CCN(CC(=O)O)C1CCN(Cc2csc(CCc3ccccc3)n2)CC1. The Kier molecular flexibility index (Phi) is 7.38. The van der Waals surface area contributed by atoms with Gasteiger partial charge in [-0.1, -0.05) is 37.3 Å². The maximum Gasteiger partial charge on any atom is 0.317 e. The van der Waals surface area contributed by atoms with Gasteiger partial charge in [0.15, 0.2) is 0 Å². The first-order chi connectivity index (χ1) is 13.1. The highest BCUT2D eigenvalue weighted by molar-refractivity contribution is 7.09. The van der Waals surface area contributed by atoms with E-state index < -0.39 is 5.97 Å². The van der Waals surface area contributed by atoms with Crippen LogP contribution in [-0.4, -0.2) is 58.1 Å². The molecule has 146 valence electrons. The van der Waals surface area contributed by atoms with E-state index in [2.05, 4.69) is 45.5 Å². The van der Waals surface area contributed by atoms with Crippen molar-refractivity contribution in [3.63, 3.8) is 0 Å². The molecule has 1 saturated heterocycles. The summed E-state index contributed by atoms with van der Waals surface area (Å²) in [6.07, 6.45) is 4.10. The summed E-state index contributed by atoms with van der Waals surface area (Å²) in [5.41, 5.74) is 2.53. The van der Waals surface area contributed by atoms with Crippen LogP contribution in [0.4, 0.5) is 0 Å². The molecule has 0 spiro atoms. The fourth-order valence-electron chi connectivity index (χ4n) is 3.78. The molecule has 0 aliphatic carbocycles. The first kappa shape index (κ1) is 20.0. The van der Waals surface area contributed by atoms with Gasteiger partial charge < -0.3 is 5.11 Å². The number of hydrogen-bond donors (Lipinski definition) is 1. The quantitative estimate of drug-likeness (QED) is 0.715. The van der Waals surface area contributed by atoms with Crippen LogP contribution in [0, 0.1) is 0 Å². The number of thiazole rings is 1. The average Bonchev–Trinajstić information content (AvgIpc) is 3.13. The zero-order chi connectivity index (χ0) is 19.1. The molecule has 2 aromatic rings. The van der Waals surface area contributed by atoms with E-state index in [9.17, 15) is 4.79 Å². The van der Waals surface area contributed by atoms with Crippen molar-refractivity contribution >= 4 is 17.3 Å². The van der Waals surface area contributed by atoms with Gasteiger partial charge in [-0.2, -0.15) is 0 Å². The number of rotatable bonds is 9. The van der Waals surface area contributed by atoms with Crippen molar-refractivity contribution in [2.45, 2.75) is 45.2 Å². The van der Waals surface area contributed by atoms with Crippen LogP contribution in [-0.2, 0) is 24.2 Å². The zero-order valence-electron chi connectivity index (χ0n) is 16.0. The standard InChI is InChI=1S/C21H29N3O2S/c1-2-24(15-21(25)26)19-10-12-23(13-11-19)14-18-16-27-20(22-18)9-8-17-6-4-3-5-7-17/h3-7,16,19H,2,8-15H2,1H3,(H,25,26). The molecular weight excluding hydrogens is 358 g/mol. The maximum atomic E-state index is 11.0. The number of likely N-dealkylation sites (tertiary alicyclic amines) is 1. The molecule has 1 aliphatic rings. The molecule has 6 heteroatoms. The van der Waals surface area contributed by atoms with Crippen molar-refractivity contribution < 1.29 is 9.90 Å². The van der Waals surface area contributed by atoms with Gasteiger partial charge in [0.05, 0.1) is 17.2 Å². The van der Waals surface area contributed by atoms with Crippen molar-refractivity contribution in [2.24, 2.45) is 0 Å². The fourth-order valence-corrected chi connectivity index (χ4v) is 4.57. The molecular formula is C21H29N3O2S. The highest BCUT2D eigenvalue weighted by Crippen LogP contribution is 2.20. The third-order valence-electron chi connectivity index (χ3n) is 5.27. The van der Waals surface area contributed by atoms with E-state index in [4.69, 9.17) is 10.1 Å². The van der Waals surface area contributed by atoms with Crippen LogP contribution in [0.2, 0.25) is 0 Å². The van der Waals surface area contributed by atoms with Gasteiger partial charge in [0.2, 0.25) is 0 Å². The topological polar surface area (TPSA) is 56.7 Å². The molecule has 0 saturated carbocycles. The second-order valence-corrected chi connectivity index (χ2v) is 8.12. The summed E-state index contributed by atoms with van der Waals surface area (Å²) < 4.78 is 0. The number of likely N-dealkylation sites (N-methyl/N-ethyl adjacent to an activating group) is 1. The summed E-state index contributed by atoms with van der Waals surface area (Å²) in [5.74, 6) is -0.732. The van der Waals surface area contributed by atoms with Gasteiger partial charge >= 0.3 is 5.97 Å². The average molecular weight is 388 g/mol. The van der Waals surface area contributed by atoms with Gasteiger partial charge in [-0.15, -0.1) is 11.3 Å². The van der Waals surface area contributed by atoms with Crippen LogP contribution in [0.25, 0.3) is 0 Å². The Morgan fingerprint density at radius 3 is 2.67 bits per heavy atom. The molecule has 27 heavy (non-hydrogen) atoms. The second-order valence-electron chi connectivity index (χ2n) is 7.18. The summed E-state index contributed by atoms with van der Waals surface area (Å²) in [4.78, 5) is 20.4. The van der Waals surface area contributed by atoms with Crippen molar-refractivity contribution in [2.75, 3.05) is 26.2 Å². The molecule has 0 amide bonds. The van der Waals surface area contributed by atoms with Gasteiger partial charge in [-0.25, -0.2) is 4.98 Å². The van der Waals surface area contributed by atoms with Gasteiger partial charge in [0.25, 0.3) is 0 Å². The first-order valence-electron chi connectivity index (χ1n) is 9.79. The van der Waals surface area contributed by atoms with Gasteiger partial charge in [-0.05, 0) is 31.4 Å². The second kappa shape index (κ2) is 9.97. The molecule has 1 N–H and O–H groups in total. The molecule has 0 radical (unpaired) electrons. The van der Waals surface area contributed by atoms with E-state index in [-0.39, 0.29) is 6.54 Å². The van der Waals surface area contributed by atoms with Crippen LogP contribution in [0.5, 0.6) is 0 Å². The Labute approximate surface area is 165 Å². The first-order valence-corrected chi connectivity index (χ1v) is 10.7. The molecule has 0 unspecified atom stereocenters. The molecule has 0 atom stereocenters. The number of carbonyl (C=O) groups is 1. The Morgan fingerprint density at radius 1 is 1.26 bits per heavy atom. The maximum absolute atomic E-state index is 11.0. The van der Waals surface area contributed by atoms with Crippen molar-refractivity contribution in [3.05, 3.63) is 52.0 Å². The minimum Gasteiger partial charge on any atom is -0.480 e. The van der Waals surface area contributed by atoms with E-state index in [0.717, 1.165) is 51.9 Å². The van der Waals surface area contributed by atoms with E-state index in [0.29, 0.717) is 6.04 Å². The van der Waals surface area contributed by atoms with E-state index >= 15 is 0 Å². The number of carboxylic acids is 1. The lowest BCUT2D eigenvalue weighted by Crippen LogP contribution is -2.46. The van der Waals surface area contributed by atoms with Crippen LogP contribution < -0.4 is 0 Å². The number of nitrogens with zero attached hydrogens (tertiary/aromatic N) is 3. The van der Waals surface area contributed by atoms with E-state index in [1.807, 2.05) is 6.92 Å².